The zero-order chi connectivity index (χ0) is 79.4. The Morgan fingerprint density at radius 3 is 1.05 bits per heavy atom. The normalized spacial score (nSPS) is 24.0. The Kier molecular flexibility index (Phi) is 27.7. The van der Waals surface area contributed by atoms with Crippen molar-refractivity contribution in [1.82, 2.24) is 45.6 Å². The van der Waals surface area contributed by atoms with Crippen LogP contribution in [0.2, 0.25) is 15.1 Å². The molecule has 3 unspecified atom stereocenters. The number of halogens is 4. The molecule has 27 heteroatoms. The highest BCUT2D eigenvalue weighted by Gasteiger charge is 2.53. The van der Waals surface area contributed by atoms with Gasteiger partial charge in [-0.25, -0.2) is 0 Å². The van der Waals surface area contributed by atoms with E-state index < -0.39 is 42.2 Å². The molecule has 6 heterocycles. The Morgan fingerprint density at radius 2 is 0.777 bits per heavy atom. The Morgan fingerprint density at radius 1 is 0.482 bits per heavy atom. The first-order valence-corrected chi connectivity index (χ1v) is 42.7. The Balaban J connectivity index is 0.000000153. The predicted molar refractivity (Wildman–Crippen MR) is 430 cm³/mol. The lowest BCUT2D eigenvalue weighted by molar-refractivity contribution is -0.131. The third-order valence-corrected chi connectivity index (χ3v) is 26.6. The molecule has 9 fully saturated rings. The summed E-state index contributed by atoms with van der Waals surface area (Å²) < 4.78 is 10.2. The highest BCUT2D eigenvalue weighted by molar-refractivity contribution is 7.93. The van der Waals surface area contributed by atoms with Crippen molar-refractivity contribution >= 4 is 138 Å². The van der Waals surface area contributed by atoms with E-state index in [2.05, 4.69) is 43.0 Å². The second-order valence-corrected chi connectivity index (χ2v) is 34.8. The number of Topliss-reactive ketones (excluding diaryl/α,β-unsaturated/α-hetero) is 3. The molecule has 8 N–H and O–H groups in total. The number of fused-ring (bicyclic) bond motifs is 3. The summed E-state index contributed by atoms with van der Waals surface area (Å²) in [5.74, 6) is -2.44. The van der Waals surface area contributed by atoms with Crippen LogP contribution in [0.15, 0.2) is 72.8 Å². The van der Waals surface area contributed by atoms with Crippen molar-refractivity contribution in [1.29, 1.82) is 10.5 Å². The number of carbonyl (C=O) groups is 10. The molecule has 3 spiro atoms. The number of rotatable bonds is 16. The number of nitrogens with zero attached hydrogens (tertiary/aromatic N) is 5. The number of H-pyrrole nitrogens is 3. The Hall–Kier alpha value is -8.29. The van der Waals surface area contributed by atoms with E-state index >= 15 is 0 Å². The molecular weight excluding hydrogens is 1510 g/mol. The topological polar surface area (TPSA) is 337 Å². The van der Waals surface area contributed by atoms with Gasteiger partial charge in [-0.3, -0.25) is 47.9 Å². The molecule has 3 aromatic heterocycles. The van der Waals surface area contributed by atoms with Crippen LogP contribution in [0, 0.1) is 56.7 Å². The first kappa shape index (κ1) is 83.1. The number of aromatic amines is 3. The summed E-state index contributed by atoms with van der Waals surface area (Å²) in [7, 11) is 0. The van der Waals surface area contributed by atoms with E-state index in [0.29, 0.717) is 126 Å². The van der Waals surface area contributed by atoms with Crippen molar-refractivity contribution in [3.05, 3.63) is 105 Å². The van der Waals surface area contributed by atoms with Gasteiger partial charge in [0.15, 0.2) is 0 Å². The number of hydrogen-bond donors (Lipinski definition) is 7. The summed E-state index contributed by atoms with van der Waals surface area (Å²) in [6.07, 6.45) is 29.4. The number of hydrogen-bond acceptors (Lipinski definition) is 13. The summed E-state index contributed by atoms with van der Waals surface area (Å²) in [5, 5.41) is 32.3. The van der Waals surface area contributed by atoms with Gasteiger partial charge in [-0.1, -0.05) is 148 Å². The van der Waals surface area contributed by atoms with Crippen LogP contribution in [0.1, 0.15) is 243 Å². The third kappa shape index (κ3) is 19.4. The van der Waals surface area contributed by atoms with Crippen molar-refractivity contribution in [2.24, 2.45) is 39.7 Å². The fraction of sp³-hybridized carbons (Fsp3) is 0.576. The first-order valence-electron chi connectivity index (χ1n) is 40.4. The highest BCUT2D eigenvalue weighted by atomic mass is 35.5. The predicted octanol–water partition coefficient (Wildman–Crippen LogP) is 15.6. The van der Waals surface area contributed by atoms with Crippen molar-refractivity contribution in [2.75, 3.05) is 25.9 Å². The number of para-hydroxylation sites is 3. The fourth-order valence-corrected chi connectivity index (χ4v) is 20.5. The van der Waals surface area contributed by atoms with Crippen LogP contribution in [0.25, 0.3) is 32.7 Å². The third-order valence-electron chi connectivity index (χ3n) is 25.7. The average Bonchev–Trinajstić information content (AvgIpc) is 1.62. The molecule has 6 aromatic rings. The van der Waals surface area contributed by atoms with Gasteiger partial charge in [0.25, 0.3) is 17.7 Å². The number of benzene rings is 3. The molecule has 598 valence electrons. The summed E-state index contributed by atoms with van der Waals surface area (Å²) in [6, 6.07) is 21.8. The summed E-state index contributed by atoms with van der Waals surface area (Å²) >= 11 is 19.2. The minimum atomic E-state index is -0.939. The van der Waals surface area contributed by atoms with Gasteiger partial charge in [0.2, 0.25) is 23.6 Å². The maximum Gasteiger partial charge on any atom is 0.271 e. The van der Waals surface area contributed by atoms with Crippen LogP contribution in [0.4, 0.5) is 3.89 Å². The van der Waals surface area contributed by atoms with Crippen molar-refractivity contribution in [3.63, 3.8) is 0 Å². The summed E-state index contributed by atoms with van der Waals surface area (Å²) in [5.41, 5.74) is 8.72. The van der Waals surface area contributed by atoms with Crippen molar-refractivity contribution in [2.45, 2.75) is 248 Å². The number of carbonyl (C=O) groups excluding carboxylic acids is 10. The number of amides is 7. The number of nitrogens with two attached hydrogens (primary N) is 1. The van der Waals surface area contributed by atoms with Gasteiger partial charge in [0.1, 0.15) is 70.7 Å². The lowest BCUT2D eigenvalue weighted by Crippen LogP contribution is -2.53. The van der Waals surface area contributed by atoms with Gasteiger partial charge in [0, 0.05) is 91.2 Å². The van der Waals surface area contributed by atoms with Gasteiger partial charge in [-0.15, -0.1) is 0 Å². The average molecular weight is 1610 g/mol. The van der Waals surface area contributed by atoms with E-state index in [1.54, 1.807) is 51.1 Å². The SMILES string of the molecule is CSF.N#C[C@H](C[C@@H]1CCCCC1=O)NC(=O)C1CC2(CCCCC2)CN1C(=O)c1cc2cccc(Cl)c2[nH]1.N#C[C@H](C[C@@H]1CCCCC1=O)NC(=O)C1CC2(CCCCC2)CN1C(=O)c1cc2cccc(Cl)c2[nH]1.NC(=O)[C@H](C[C@@H]1CCCCC1=O)NC(=O)C1CC2(CCCCC2)CN1C(=O)c1cc2cccc(Cl)c2[nH]1. The van der Waals surface area contributed by atoms with Gasteiger partial charge >= 0.3 is 0 Å². The second kappa shape index (κ2) is 37.3. The van der Waals surface area contributed by atoms with E-state index in [1.165, 1.54) is 19.1 Å². The second-order valence-electron chi connectivity index (χ2n) is 33.2. The standard InChI is InChI=1S/C28H35ClN4O4.2C28H33ClN4O3.CH3FS/c29-19-9-6-8-18-14-21(31-24(18)19)27(37)33-16-28(11-4-1-5-12-28)15-22(33)26(36)32-20(25(30)35)13-17-7-2-3-10-23(17)34;2*29-21-9-6-8-19-14-22(32-25(19)21)27(36)33-17-28(11-4-1-5-12-28)15-23(33)26(35)31-20(16-30)13-18-7-2-3-10-24(18)34;1-3-2/h6,8-9,14,17,20,22,31H,1-5,7,10-13,15-16H2,(H2,30,35)(H,32,36);2*6,8-9,14,18,20,23,32H,1-5,7,10-13,15,17H2,(H,31,35);1H3/t17-,20-,22?;2*18-,20-,23?;/m000./s1. The van der Waals surface area contributed by atoms with Crippen molar-refractivity contribution < 1.29 is 51.8 Å². The Labute approximate surface area is 673 Å². The maximum atomic E-state index is 13.8. The lowest BCUT2D eigenvalue weighted by atomic mass is 9.72. The van der Waals surface area contributed by atoms with Gasteiger partial charge in [-0.05, 0) is 168 Å². The molecule has 15 rings (SSSR count). The van der Waals surface area contributed by atoms with Gasteiger partial charge in [0.05, 0.1) is 43.8 Å². The molecule has 9 atom stereocenters. The molecular formula is C85H104Cl3FN12O10S. The maximum absolute atomic E-state index is 13.8. The zero-order valence-electron chi connectivity index (χ0n) is 63.9. The lowest BCUT2D eigenvalue weighted by Gasteiger charge is -2.32. The van der Waals surface area contributed by atoms with Crippen LogP contribution in [0.3, 0.4) is 0 Å². The molecule has 0 bridgehead atoms. The molecule has 22 nitrogen and oxygen atoms in total. The molecule has 7 amide bonds. The van der Waals surface area contributed by atoms with E-state index in [4.69, 9.17) is 40.5 Å². The van der Waals surface area contributed by atoms with Crippen LogP contribution >= 0.6 is 47.0 Å². The highest BCUT2D eigenvalue weighted by Crippen LogP contribution is 2.50. The molecule has 3 aromatic carbocycles. The van der Waals surface area contributed by atoms with E-state index in [-0.39, 0.29) is 105 Å². The minimum absolute atomic E-state index is 0.0684. The molecule has 9 aliphatic rings. The number of nitriles is 2. The number of aromatic nitrogens is 3. The number of primary amides is 1. The van der Waals surface area contributed by atoms with Crippen LogP contribution in [-0.2, 0) is 33.6 Å². The first-order chi connectivity index (χ1) is 54.0. The number of likely N-dealkylation sites (tertiary alicyclic amines) is 3. The molecule has 6 aliphatic carbocycles. The zero-order valence-corrected chi connectivity index (χ0v) is 67.0. The van der Waals surface area contributed by atoms with E-state index in [0.717, 1.165) is 151 Å². The number of ketones is 3. The van der Waals surface area contributed by atoms with Crippen LogP contribution in [0.5, 0.6) is 0 Å². The largest absolute Gasteiger partial charge is 0.368 e. The summed E-state index contributed by atoms with van der Waals surface area (Å²) in [6.45, 7) is 1.56. The monoisotopic (exact) mass is 1610 g/mol. The Bertz CT molecular complexity index is 4380. The van der Waals surface area contributed by atoms with Crippen LogP contribution in [-0.4, -0.2) is 150 Å². The summed E-state index contributed by atoms with van der Waals surface area (Å²) in [4.78, 5) is 146. The minimum Gasteiger partial charge on any atom is -0.368 e. The molecule has 3 aliphatic heterocycles. The van der Waals surface area contributed by atoms with Crippen LogP contribution < -0.4 is 21.7 Å². The molecule has 6 saturated carbocycles. The smallest absolute Gasteiger partial charge is 0.271 e. The number of nitrogens with one attached hydrogen (secondary N) is 6. The van der Waals surface area contributed by atoms with Gasteiger partial charge < -0.3 is 51.3 Å². The van der Waals surface area contributed by atoms with E-state index in [1.807, 2.05) is 36.4 Å². The quantitative estimate of drug-likeness (QED) is 0.0474. The molecule has 3 saturated heterocycles. The van der Waals surface area contributed by atoms with Crippen molar-refractivity contribution in [3.8, 4) is 12.1 Å². The van der Waals surface area contributed by atoms with E-state index in [9.17, 15) is 62.4 Å². The van der Waals surface area contributed by atoms with Gasteiger partial charge in [-0.2, -0.15) is 14.4 Å². The molecule has 0 radical (unpaired) electrons. The fourth-order valence-electron chi connectivity index (χ4n) is 19.8. The molecule has 112 heavy (non-hydrogen) atoms.